The van der Waals surface area contributed by atoms with Gasteiger partial charge in [-0.25, -0.2) is 9.97 Å². The van der Waals surface area contributed by atoms with Gasteiger partial charge in [0, 0.05) is 19.2 Å². The van der Waals surface area contributed by atoms with E-state index in [0.29, 0.717) is 5.82 Å². The molecule has 6 heteroatoms. The van der Waals surface area contributed by atoms with Crippen molar-refractivity contribution in [3.05, 3.63) is 11.9 Å². The molecule has 0 spiro atoms. The number of hydrogen-bond acceptors (Lipinski definition) is 6. The minimum absolute atomic E-state index is 0.264. The Bertz CT molecular complexity index is 346. The molecule has 1 aromatic heterocycles. The molecule has 4 N–H and O–H groups in total. The quantitative estimate of drug-likeness (QED) is 0.546. The van der Waals surface area contributed by atoms with Crippen molar-refractivity contribution in [1.82, 2.24) is 9.97 Å². The highest BCUT2D eigenvalue weighted by atomic mass is 16.3. The molecule has 0 saturated carbocycles. The highest BCUT2D eigenvalue weighted by molar-refractivity contribution is 5.57. The molecule has 1 aromatic rings. The fourth-order valence-corrected chi connectivity index (χ4v) is 1.55. The van der Waals surface area contributed by atoms with Crippen LogP contribution in [-0.2, 0) is 6.42 Å². The van der Waals surface area contributed by atoms with Crippen molar-refractivity contribution in [3.63, 3.8) is 0 Å². The third-order valence-electron chi connectivity index (χ3n) is 2.40. The van der Waals surface area contributed by atoms with Crippen LogP contribution in [0.3, 0.4) is 0 Å². The van der Waals surface area contributed by atoms with Crippen LogP contribution in [-0.4, -0.2) is 46.5 Å². The lowest BCUT2D eigenvalue weighted by Gasteiger charge is -2.15. The lowest BCUT2D eigenvalue weighted by atomic mass is 10.1. The summed E-state index contributed by atoms with van der Waals surface area (Å²) in [5.41, 5.74) is 1.00. The Morgan fingerprint density at radius 3 is 2.65 bits per heavy atom. The van der Waals surface area contributed by atoms with E-state index in [1.54, 1.807) is 0 Å². The summed E-state index contributed by atoms with van der Waals surface area (Å²) in [4.78, 5) is 8.31. The average Bonchev–Trinajstić information content (AvgIpc) is 2.37. The highest BCUT2D eigenvalue weighted by Crippen LogP contribution is 2.20. The molecule has 0 radical (unpaired) electrons. The monoisotopic (exact) mass is 240 g/mol. The predicted molar refractivity (Wildman–Crippen MR) is 67.2 cm³/mol. The van der Waals surface area contributed by atoms with Crippen molar-refractivity contribution in [3.8, 4) is 0 Å². The lowest BCUT2D eigenvalue weighted by molar-refractivity contribution is 0.105. The van der Waals surface area contributed by atoms with E-state index in [2.05, 4.69) is 27.5 Å². The topological polar surface area (TPSA) is 90.3 Å². The molecular formula is C11H20N4O2. The summed E-state index contributed by atoms with van der Waals surface area (Å²) in [7, 11) is 1.81. The van der Waals surface area contributed by atoms with Gasteiger partial charge in [0.15, 0.2) is 0 Å². The van der Waals surface area contributed by atoms with Gasteiger partial charge in [0.2, 0.25) is 0 Å². The van der Waals surface area contributed by atoms with Gasteiger partial charge in [0.05, 0.1) is 12.7 Å². The summed E-state index contributed by atoms with van der Waals surface area (Å²) in [5, 5.41) is 24.1. The van der Waals surface area contributed by atoms with Crippen LogP contribution in [0.1, 0.15) is 18.9 Å². The first-order chi connectivity index (χ1) is 8.22. The van der Waals surface area contributed by atoms with Gasteiger partial charge in [-0.1, -0.05) is 13.3 Å². The third kappa shape index (κ3) is 3.83. The van der Waals surface area contributed by atoms with E-state index in [1.165, 1.54) is 6.33 Å². The van der Waals surface area contributed by atoms with Crippen LogP contribution in [0.4, 0.5) is 11.6 Å². The smallest absolute Gasteiger partial charge is 0.134 e. The zero-order valence-electron chi connectivity index (χ0n) is 10.3. The molecule has 0 amide bonds. The third-order valence-corrected chi connectivity index (χ3v) is 2.40. The van der Waals surface area contributed by atoms with E-state index < -0.39 is 6.10 Å². The molecular weight excluding hydrogens is 220 g/mol. The second kappa shape index (κ2) is 7.03. The second-order valence-corrected chi connectivity index (χ2v) is 3.77. The molecule has 1 rings (SSSR count). The Kier molecular flexibility index (Phi) is 5.65. The Hall–Kier alpha value is -1.40. The number of nitrogens with zero attached hydrogens (tertiary/aromatic N) is 2. The molecule has 0 bridgehead atoms. The summed E-state index contributed by atoms with van der Waals surface area (Å²) in [6.45, 7) is 2.09. The standard InChI is InChI=1S/C11H20N4O2/c1-3-4-9-10(12-2)14-7-15-11(9)13-5-8(17)6-16/h7-8,16-17H,3-6H2,1-2H3,(H2,12,13,14,15). The molecule has 6 nitrogen and oxygen atoms in total. The van der Waals surface area contributed by atoms with Gasteiger partial charge in [-0.3, -0.25) is 0 Å². The van der Waals surface area contributed by atoms with Crippen molar-refractivity contribution in [2.24, 2.45) is 0 Å². The Morgan fingerprint density at radius 1 is 1.35 bits per heavy atom. The van der Waals surface area contributed by atoms with Crippen LogP contribution in [0.15, 0.2) is 6.33 Å². The number of aliphatic hydroxyl groups excluding tert-OH is 2. The van der Waals surface area contributed by atoms with Crippen LogP contribution in [0, 0.1) is 0 Å². The number of aromatic nitrogens is 2. The van der Waals surface area contributed by atoms with Gasteiger partial charge in [-0.05, 0) is 6.42 Å². The maximum absolute atomic E-state index is 9.29. The molecule has 1 unspecified atom stereocenters. The van der Waals surface area contributed by atoms with E-state index in [4.69, 9.17) is 5.11 Å². The van der Waals surface area contributed by atoms with Crippen LogP contribution in [0.25, 0.3) is 0 Å². The van der Waals surface area contributed by atoms with Crippen LogP contribution >= 0.6 is 0 Å². The number of anilines is 2. The van der Waals surface area contributed by atoms with Gasteiger partial charge < -0.3 is 20.8 Å². The first kappa shape index (κ1) is 13.7. The SMILES string of the molecule is CCCc1c(NC)ncnc1NCC(O)CO. The molecule has 0 aliphatic carbocycles. The van der Waals surface area contributed by atoms with Gasteiger partial charge in [0.1, 0.15) is 18.0 Å². The van der Waals surface area contributed by atoms with Crippen molar-refractivity contribution >= 4 is 11.6 Å². The van der Waals surface area contributed by atoms with Gasteiger partial charge in [0.25, 0.3) is 0 Å². The van der Waals surface area contributed by atoms with Crippen molar-refractivity contribution < 1.29 is 10.2 Å². The van der Waals surface area contributed by atoms with Gasteiger partial charge >= 0.3 is 0 Å². The zero-order valence-corrected chi connectivity index (χ0v) is 10.3. The van der Waals surface area contributed by atoms with Gasteiger partial charge in [-0.2, -0.15) is 0 Å². The summed E-state index contributed by atoms with van der Waals surface area (Å²) in [5.74, 6) is 1.50. The van der Waals surface area contributed by atoms with E-state index in [-0.39, 0.29) is 13.2 Å². The maximum Gasteiger partial charge on any atom is 0.134 e. The van der Waals surface area contributed by atoms with Crippen LogP contribution < -0.4 is 10.6 Å². The largest absolute Gasteiger partial charge is 0.394 e. The second-order valence-electron chi connectivity index (χ2n) is 3.77. The number of hydrogen-bond donors (Lipinski definition) is 4. The van der Waals surface area contributed by atoms with E-state index in [9.17, 15) is 5.11 Å². The van der Waals surface area contributed by atoms with Crippen LogP contribution in [0.2, 0.25) is 0 Å². The maximum atomic E-state index is 9.29. The molecule has 1 heterocycles. The highest BCUT2D eigenvalue weighted by Gasteiger charge is 2.10. The Morgan fingerprint density at radius 2 is 2.06 bits per heavy atom. The molecule has 17 heavy (non-hydrogen) atoms. The lowest BCUT2D eigenvalue weighted by Crippen LogP contribution is -2.24. The molecule has 0 aliphatic heterocycles. The summed E-state index contributed by atoms with van der Waals surface area (Å²) in [6, 6.07) is 0. The summed E-state index contributed by atoms with van der Waals surface area (Å²) >= 11 is 0. The predicted octanol–water partition coefficient (Wildman–Crippen LogP) is 0.236. The minimum atomic E-state index is -0.780. The number of aliphatic hydroxyl groups is 2. The molecule has 0 aliphatic rings. The first-order valence-corrected chi connectivity index (χ1v) is 5.77. The average molecular weight is 240 g/mol. The van der Waals surface area contributed by atoms with E-state index in [0.717, 1.165) is 24.2 Å². The first-order valence-electron chi connectivity index (χ1n) is 5.77. The normalized spacial score (nSPS) is 12.2. The summed E-state index contributed by atoms with van der Waals surface area (Å²) in [6.07, 6.45) is 2.53. The molecule has 96 valence electrons. The van der Waals surface area contributed by atoms with Gasteiger partial charge in [-0.15, -0.1) is 0 Å². The van der Waals surface area contributed by atoms with Crippen molar-refractivity contribution in [1.29, 1.82) is 0 Å². The van der Waals surface area contributed by atoms with Crippen molar-refractivity contribution in [2.75, 3.05) is 30.8 Å². The van der Waals surface area contributed by atoms with Crippen molar-refractivity contribution in [2.45, 2.75) is 25.9 Å². The Balaban J connectivity index is 2.82. The minimum Gasteiger partial charge on any atom is -0.394 e. The number of nitrogens with one attached hydrogen (secondary N) is 2. The van der Waals surface area contributed by atoms with E-state index >= 15 is 0 Å². The molecule has 1 atom stereocenters. The fraction of sp³-hybridized carbons (Fsp3) is 0.636. The molecule has 0 aromatic carbocycles. The fourth-order valence-electron chi connectivity index (χ4n) is 1.55. The van der Waals surface area contributed by atoms with E-state index in [1.807, 2.05) is 7.05 Å². The molecule has 0 fully saturated rings. The Labute approximate surface area is 101 Å². The summed E-state index contributed by atoms with van der Waals surface area (Å²) < 4.78 is 0. The number of rotatable bonds is 7. The zero-order chi connectivity index (χ0) is 12.7. The van der Waals surface area contributed by atoms with Crippen LogP contribution in [0.5, 0.6) is 0 Å². The molecule has 0 saturated heterocycles.